The Labute approximate surface area is 214 Å². The van der Waals surface area contributed by atoms with Gasteiger partial charge < -0.3 is 25.2 Å². The summed E-state index contributed by atoms with van der Waals surface area (Å²) in [6.07, 6.45) is 1.91. The van der Waals surface area contributed by atoms with Crippen molar-refractivity contribution in [2.75, 3.05) is 64.1 Å². The van der Waals surface area contributed by atoms with Crippen LogP contribution in [0, 0.1) is 11.3 Å². The third-order valence-electron chi connectivity index (χ3n) is 6.14. The van der Waals surface area contributed by atoms with Gasteiger partial charge in [-0.15, -0.1) is 0 Å². The van der Waals surface area contributed by atoms with E-state index < -0.39 is 5.91 Å². The van der Waals surface area contributed by atoms with E-state index in [1.165, 1.54) is 6.20 Å². The number of benzene rings is 1. The first-order chi connectivity index (χ1) is 17.9. The number of aromatic nitrogens is 2. The van der Waals surface area contributed by atoms with Crippen LogP contribution in [0.4, 0.5) is 11.5 Å². The highest BCUT2D eigenvalue weighted by molar-refractivity contribution is 6.13. The van der Waals surface area contributed by atoms with Crippen LogP contribution < -0.4 is 10.6 Å². The Morgan fingerprint density at radius 2 is 1.97 bits per heavy atom. The van der Waals surface area contributed by atoms with Crippen molar-refractivity contribution in [2.45, 2.75) is 0 Å². The second-order valence-electron chi connectivity index (χ2n) is 8.61. The number of anilines is 2. The summed E-state index contributed by atoms with van der Waals surface area (Å²) >= 11 is 0. The number of hydrogen-bond acceptors (Lipinski definition) is 9. The lowest BCUT2D eigenvalue weighted by molar-refractivity contribution is 0.0661. The maximum atomic E-state index is 13.2. The molecule has 1 saturated heterocycles. The fourth-order valence-electron chi connectivity index (χ4n) is 4.07. The summed E-state index contributed by atoms with van der Waals surface area (Å²) in [5, 5.41) is 15.7. The molecule has 0 bridgehead atoms. The van der Waals surface area contributed by atoms with Crippen molar-refractivity contribution in [3.8, 4) is 6.07 Å². The van der Waals surface area contributed by atoms with Crippen molar-refractivity contribution in [1.82, 2.24) is 19.8 Å². The molecule has 0 aliphatic carbocycles. The fourth-order valence-corrected chi connectivity index (χ4v) is 4.07. The molecule has 0 saturated carbocycles. The lowest BCUT2D eigenvalue weighted by Gasteiger charge is -2.32. The Morgan fingerprint density at radius 1 is 1.19 bits per heavy atom. The summed E-state index contributed by atoms with van der Waals surface area (Å²) in [4.78, 5) is 50.6. The third-order valence-corrected chi connectivity index (χ3v) is 6.14. The summed E-state index contributed by atoms with van der Waals surface area (Å²) in [5.74, 6) is -0.513. The second kappa shape index (κ2) is 11.6. The van der Waals surface area contributed by atoms with E-state index in [-0.39, 0.29) is 28.5 Å². The number of carbonyl (C=O) groups is 3. The van der Waals surface area contributed by atoms with Crippen molar-refractivity contribution < 1.29 is 19.1 Å². The Morgan fingerprint density at radius 3 is 2.68 bits per heavy atom. The van der Waals surface area contributed by atoms with Crippen molar-refractivity contribution in [1.29, 1.82) is 5.26 Å². The number of fused-ring (bicyclic) bond motifs is 1. The van der Waals surface area contributed by atoms with Gasteiger partial charge in [0.25, 0.3) is 11.8 Å². The minimum Gasteiger partial charge on any atom is -0.383 e. The van der Waals surface area contributed by atoms with Crippen molar-refractivity contribution >= 4 is 40.5 Å². The number of pyridine rings is 2. The van der Waals surface area contributed by atoms with Crippen LogP contribution in [0.3, 0.4) is 0 Å². The molecule has 1 aromatic carbocycles. The molecule has 0 unspecified atom stereocenters. The molecule has 0 spiro atoms. The first-order valence-corrected chi connectivity index (χ1v) is 11.8. The van der Waals surface area contributed by atoms with Gasteiger partial charge in [0.2, 0.25) is 0 Å². The van der Waals surface area contributed by atoms with Gasteiger partial charge in [-0.05, 0) is 19.2 Å². The van der Waals surface area contributed by atoms with E-state index in [0.29, 0.717) is 54.7 Å². The standard InChI is InChI=1S/C26H27N7O4/c1-32-7-9-33(10-8-32)26(36)20-12-17-4-3-5-19(24(17)30-22(20)16-34)25(35)31-23-13-21(28-6-11-37-2)18(14-27)15-29-23/h3-5,12-13,15-16H,6-11H2,1-2H3,(H2,28,29,31,35). The smallest absolute Gasteiger partial charge is 0.259 e. The largest absolute Gasteiger partial charge is 0.383 e. The minimum atomic E-state index is -0.492. The van der Waals surface area contributed by atoms with Crippen LogP contribution in [-0.4, -0.2) is 91.4 Å². The molecule has 3 heterocycles. The molecule has 0 atom stereocenters. The lowest BCUT2D eigenvalue weighted by Crippen LogP contribution is -2.47. The highest BCUT2D eigenvalue weighted by Gasteiger charge is 2.24. The van der Waals surface area contributed by atoms with Crippen LogP contribution in [-0.2, 0) is 4.74 Å². The Balaban J connectivity index is 1.62. The zero-order valence-electron chi connectivity index (χ0n) is 20.7. The number of methoxy groups -OCH3 is 1. The Bertz CT molecular complexity index is 1380. The molecule has 190 valence electrons. The Kier molecular flexibility index (Phi) is 8.02. The molecule has 2 N–H and O–H groups in total. The molecule has 4 rings (SSSR count). The number of nitrogens with one attached hydrogen (secondary N) is 2. The maximum absolute atomic E-state index is 13.2. The monoisotopic (exact) mass is 501 g/mol. The normalized spacial score (nSPS) is 13.7. The van der Waals surface area contributed by atoms with E-state index in [1.54, 1.807) is 42.3 Å². The highest BCUT2D eigenvalue weighted by atomic mass is 16.5. The average molecular weight is 502 g/mol. The highest BCUT2D eigenvalue weighted by Crippen LogP contribution is 2.23. The molecular weight excluding hydrogens is 474 g/mol. The van der Waals surface area contributed by atoms with Gasteiger partial charge in [0.1, 0.15) is 17.6 Å². The summed E-state index contributed by atoms with van der Waals surface area (Å²) in [6, 6.07) is 10.2. The van der Waals surface area contributed by atoms with Crippen molar-refractivity contribution in [3.05, 3.63) is 58.9 Å². The summed E-state index contributed by atoms with van der Waals surface area (Å²) in [6.45, 7) is 3.54. The summed E-state index contributed by atoms with van der Waals surface area (Å²) in [5.41, 5.74) is 1.55. The predicted molar refractivity (Wildman–Crippen MR) is 138 cm³/mol. The first-order valence-electron chi connectivity index (χ1n) is 11.8. The molecule has 0 radical (unpaired) electrons. The molecule has 1 aliphatic rings. The van der Waals surface area contributed by atoms with Gasteiger partial charge in [0.15, 0.2) is 6.29 Å². The summed E-state index contributed by atoms with van der Waals surface area (Å²) < 4.78 is 5.02. The van der Waals surface area contributed by atoms with Crippen LogP contribution >= 0.6 is 0 Å². The average Bonchev–Trinajstić information content (AvgIpc) is 2.92. The van der Waals surface area contributed by atoms with Crippen LogP contribution in [0.25, 0.3) is 10.9 Å². The van der Waals surface area contributed by atoms with Crippen LogP contribution in [0.5, 0.6) is 0 Å². The SMILES string of the molecule is COCCNc1cc(NC(=O)c2cccc3cc(C(=O)N4CCN(C)CC4)c(C=O)nc23)ncc1C#N. The van der Waals surface area contributed by atoms with E-state index in [4.69, 9.17) is 4.74 Å². The first kappa shape index (κ1) is 25.7. The molecule has 11 heteroatoms. The molecule has 2 amide bonds. The van der Waals surface area contributed by atoms with Gasteiger partial charge in [0, 0.05) is 57.5 Å². The maximum Gasteiger partial charge on any atom is 0.259 e. The van der Waals surface area contributed by atoms with Gasteiger partial charge in [-0.2, -0.15) is 5.26 Å². The number of rotatable bonds is 8. The Hall–Kier alpha value is -4.40. The number of hydrogen-bond donors (Lipinski definition) is 2. The van der Waals surface area contributed by atoms with Crippen molar-refractivity contribution in [2.24, 2.45) is 0 Å². The second-order valence-corrected chi connectivity index (χ2v) is 8.61. The molecule has 2 aromatic heterocycles. The quantitative estimate of drug-likeness (QED) is 0.350. The number of nitriles is 1. The molecule has 3 aromatic rings. The van der Waals surface area contributed by atoms with E-state index in [9.17, 15) is 19.6 Å². The number of aldehydes is 1. The molecule has 11 nitrogen and oxygen atoms in total. The number of nitrogens with zero attached hydrogens (tertiary/aromatic N) is 5. The molecule has 37 heavy (non-hydrogen) atoms. The number of likely N-dealkylation sites (N-methyl/N-ethyl adjacent to an activating group) is 1. The molecule has 1 fully saturated rings. The summed E-state index contributed by atoms with van der Waals surface area (Å²) in [7, 11) is 3.57. The van der Waals surface area contributed by atoms with E-state index in [0.717, 1.165) is 13.1 Å². The van der Waals surface area contributed by atoms with Crippen molar-refractivity contribution in [3.63, 3.8) is 0 Å². The van der Waals surface area contributed by atoms with Gasteiger partial charge >= 0.3 is 0 Å². The van der Waals surface area contributed by atoms with Crippen LogP contribution in [0.2, 0.25) is 0 Å². The zero-order chi connectivity index (χ0) is 26.4. The number of para-hydroxylation sites is 1. The third kappa shape index (κ3) is 5.72. The van der Waals surface area contributed by atoms with Gasteiger partial charge in [0.05, 0.1) is 34.5 Å². The van der Waals surface area contributed by atoms with Gasteiger partial charge in [-0.3, -0.25) is 14.4 Å². The molecular formula is C26H27N7O4. The van der Waals surface area contributed by atoms with E-state index in [2.05, 4.69) is 31.6 Å². The number of amides is 2. The number of carbonyl (C=O) groups excluding carboxylic acids is 3. The van der Waals surface area contributed by atoms with Crippen LogP contribution in [0.1, 0.15) is 36.8 Å². The minimum absolute atomic E-state index is 0.0159. The van der Waals surface area contributed by atoms with Crippen LogP contribution in [0.15, 0.2) is 36.5 Å². The lowest BCUT2D eigenvalue weighted by atomic mass is 10.0. The van der Waals surface area contributed by atoms with Gasteiger partial charge in [-0.25, -0.2) is 9.97 Å². The number of piperazine rings is 1. The topological polar surface area (TPSA) is 141 Å². The fraction of sp³-hybridized carbons (Fsp3) is 0.308. The van der Waals surface area contributed by atoms with E-state index >= 15 is 0 Å². The zero-order valence-corrected chi connectivity index (χ0v) is 20.7. The van der Waals surface area contributed by atoms with Gasteiger partial charge in [-0.1, -0.05) is 12.1 Å². The molecule has 1 aliphatic heterocycles. The number of ether oxygens (including phenoxy) is 1. The predicted octanol–water partition coefficient (Wildman–Crippen LogP) is 2.01. The van der Waals surface area contributed by atoms with E-state index in [1.807, 2.05) is 7.05 Å².